The largest absolute Gasteiger partial charge is 0.430 e. The molecule has 0 bridgehead atoms. The van der Waals surface area contributed by atoms with Gasteiger partial charge in [0.25, 0.3) is 11.2 Å². The van der Waals surface area contributed by atoms with E-state index in [0.717, 1.165) is 12.8 Å². The van der Waals surface area contributed by atoms with Crippen molar-refractivity contribution >= 4 is 0 Å². The van der Waals surface area contributed by atoms with Gasteiger partial charge in [0.05, 0.1) is 12.2 Å². The van der Waals surface area contributed by atoms with Crippen molar-refractivity contribution in [1.82, 2.24) is 0 Å². The molecule has 3 rings (SSSR count). The van der Waals surface area contributed by atoms with Gasteiger partial charge in [-0.05, 0) is 85.2 Å². The summed E-state index contributed by atoms with van der Waals surface area (Å²) in [6.45, 7) is 10.4. The lowest BCUT2D eigenvalue weighted by molar-refractivity contribution is -0.406. The molecule has 0 aliphatic heterocycles. The standard InChI is InChI=1S/C38H54F12O4/c1-9-25(8)26-16-27(33(35(39,40)41,36(42,43)44)53-19-51-31-14-23(6)10-12-29(31)21(2)3)18-28(17-26)34(37(45,46)47,38(48,49)50)54-20-52-32-15-24(7)11-13-30(32)22(4)5/h16-18,21-25,29-32H,9-15,19-20H2,1-8H3. The van der Waals surface area contributed by atoms with Gasteiger partial charge in [-0.15, -0.1) is 0 Å². The Morgan fingerprint density at radius 3 is 1.17 bits per heavy atom. The van der Waals surface area contributed by atoms with E-state index in [-0.39, 0.29) is 41.9 Å². The van der Waals surface area contributed by atoms with Crippen LogP contribution in [0.5, 0.6) is 0 Å². The molecular formula is C38H54F12O4. The van der Waals surface area contributed by atoms with Crippen LogP contribution < -0.4 is 0 Å². The van der Waals surface area contributed by atoms with Crippen molar-refractivity contribution in [2.75, 3.05) is 13.6 Å². The number of rotatable bonds is 14. The highest BCUT2D eigenvalue weighted by atomic mass is 19.4. The predicted octanol–water partition coefficient (Wildman–Crippen LogP) is 12.7. The van der Waals surface area contributed by atoms with E-state index in [1.54, 1.807) is 0 Å². The van der Waals surface area contributed by atoms with Crippen LogP contribution in [0.1, 0.15) is 123 Å². The molecule has 0 radical (unpaired) electrons. The zero-order valence-electron chi connectivity index (χ0n) is 32.0. The van der Waals surface area contributed by atoms with Crippen LogP contribution in [-0.4, -0.2) is 50.5 Å². The molecule has 0 spiro atoms. The molecule has 2 aliphatic carbocycles. The lowest BCUT2D eigenvalue weighted by Crippen LogP contribution is -2.58. The second-order valence-electron chi connectivity index (χ2n) is 16.1. The second-order valence-corrected chi connectivity index (χ2v) is 16.1. The predicted molar refractivity (Wildman–Crippen MR) is 177 cm³/mol. The van der Waals surface area contributed by atoms with Crippen molar-refractivity contribution in [3.05, 3.63) is 34.9 Å². The summed E-state index contributed by atoms with van der Waals surface area (Å²) in [6, 6.07) is 0.179. The molecule has 54 heavy (non-hydrogen) atoms. The minimum absolute atomic E-state index is 0.0226. The Balaban J connectivity index is 2.24. The van der Waals surface area contributed by atoms with Gasteiger partial charge in [0, 0.05) is 11.1 Å². The van der Waals surface area contributed by atoms with Crippen molar-refractivity contribution < 1.29 is 71.6 Å². The molecule has 4 nitrogen and oxygen atoms in total. The van der Waals surface area contributed by atoms with E-state index in [1.807, 2.05) is 41.5 Å². The van der Waals surface area contributed by atoms with Crippen molar-refractivity contribution in [3.63, 3.8) is 0 Å². The van der Waals surface area contributed by atoms with Crippen molar-refractivity contribution in [2.24, 2.45) is 35.5 Å². The summed E-state index contributed by atoms with van der Waals surface area (Å²) >= 11 is 0. The fourth-order valence-corrected chi connectivity index (χ4v) is 8.08. The SMILES string of the molecule is CCC(C)c1cc(C(OCOC2CC(C)CCC2C(C)C)(C(F)(F)F)C(F)(F)F)cc(C(OCOC2CC(C)CCC2C(C)C)(C(F)(F)F)C(F)(F)F)c1. The van der Waals surface area contributed by atoms with Gasteiger partial charge in [0.15, 0.2) is 0 Å². The van der Waals surface area contributed by atoms with Gasteiger partial charge in [0.2, 0.25) is 0 Å². The summed E-state index contributed by atoms with van der Waals surface area (Å²) in [7, 11) is 0. The Labute approximate surface area is 310 Å². The normalized spacial score (nSPS) is 26.1. The summed E-state index contributed by atoms with van der Waals surface area (Å²) in [5.74, 6) is -1.67. The molecule has 0 aromatic heterocycles. The molecule has 7 atom stereocenters. The maximum Gasteiger partial charge on any atom is 0.430 e. The molecule has 1 aromatic rings. The van der Waals surface area contributed by atoms with Gasteiger partial charge in [-0.2, -0.15) is 52.7 Å². The highest BCUT2D eigenvalue weighted by molar-refractivity contribution is 5.42. The third-order valence-corrected chi connectivity index (χ3v) is 11.6. The minimum Gasteiger partial charge on any atom is -0.352 e. The maximum absolute atomic E-state index is 15.0. The number of ether oxygens (including phenoxy) is 4. The topological polar surface area (TPSA) is 36.9 Å². The molecule has 0 saturated heterocycles. The van der Waals surface area contributed by atoms with Crippen LogP contribution in [0.25, 0.3) is 0 Å². The van der Waals surface area contributed by atoms with E-state index < -0.39 is 90.4 Å². The van der Waals surface area contributed by atoms with Crippen LogP contribution >= 0.6 is 0 Å². The number of hydrogen-bond acceptors (Lipinski definition) is 4. The summed E-state index contributed by atoms with van der Waals surface area (Å²) in [6.07, 6.45) is -24.2. The van der Waals surface area contributed by atoms with Crippen LogP contribution in [0.3, 0.4) is 0 Å². The third kappa shape index (κ3) is 9.66. The number of alkyl halides is 12. The van der Waals surface area contributed by atoms with Gasteiger partial charge in [-0.25, -0.2) is 0 Å². The highest BCUT2D eigenvalue weighted by Gasteiger charge is 2.76. The average Bonchev–Trinajstić information content (AvgIpc) is 3.01. The minimum atomic E-state index is -6.44. The van der Waals surface area contributed by atoms with E-state index in [4.69, 9.17) is 9.47 Å². The zero-order chi connectivity index (χ0) is 41.2. The van der Waals surface area contributed by atoms with Crippen molar-refractivity contribution in [3.8, 4) is 0 Å². The molecule has 2 saturated carbocycles. The quantitative estimate of drug-likeness (QED) is 0.139. The molecule has 314 valence electrons. The van der Waals surface area contributed by atoms with Crippen LogP contribution in [-0.2, 0) is 30.1 Å². The molecule has 0 heterocycles. The second kappa shape index (κ2) is 17.4. The van der Waals surface area contributed by atoms with Gasteiger partial charge in [0.1, 0.15) is 13.6 Å². The average molecular weight is 803 g/mol. The fourth-order valence-electron chi connectivity index (χ4n) is 8.08. The van der Waals surface area contributed by atoms with Crippen molar-refractivity contribution in [1.29, 1.82) is 0 Å². The molecule has 1 aromatic carbocycles. The first-order valence-electron chi connectivity index (χ1n) is 18.6. The lowest BCUT2D eigenvalue weighted by Gasteiger charge is -2.42. The fraction of sp³-hybridized carbons (Fsp3) is 0.842. The van der Waals surface area contributed by atoms with Gasteiger partial charge >= 0.3 is 24.7 Å². The maximum atomic E-state index is 15.0. The van der Waals surface area contributed by atoms with Gasteiger partial charge in [-0.1, -0.05) is 80.4 Å². The first kappa shape index (κ1) is 46.6. The smallest absolute Gasteiger partial charge is 0.352 e. The molecule has 2 aliphatic rings. The van der Waals surface area contributed by atoms with Gasteiger partial charge in [-0.3, -0.25) is 0 Å². The molecule has 0 N–H and O–H groups in total. The van der Waals surface area contributed by atoms with Crippen LogP contribution in [0.2, 0.25) is 0 Å². The summed E-state index contributed by atoms with van der Waals surface area (Å²) in [5.41, 5.74) is -15.5. The van der Waals surface area contributed by atoms with Crippen LogP contribution in [0, 0.1) is 35.5 Å². The van der Waals surface area contributed by atoms with Crippen molar-refractivity contribution in [2.45, 2.75) is 154 Å². The number of halogens is 12. The molecular weight excluding hydrogens is 748 g/mol. The zero-order valence-corrected chi connectivity index (χ0v) is 32.0. The molecule has 0 amide bonds. The highest BCUT2D eigenvalue weighted by Crippen LogP contribution is 2.57. The Kier molecular flexibility index (Phi) is 15.0. The lowest BCUT2D eigenvalue weighted by atomic mass is 9.75. The van der Waals surface area contributed by atoms with E-state index in [1.165, 1.54) is 13.8 Å². The summed E-state index contributed by atoms with van der Waals surface area (Å²) < 4.78 is 201. The van der Waals surface area contributed by atoms with E-state index in [2.05, 4.69) is 9.47 Å². The number of hydrogen-bond donors (Lipinski definition) is 0. The van der Waals surface area contributed by atoms with E-state index >= 15 is 52.7 Å². The van der Waals surface area contributed by atoms with E-state index in [9.17, 15) is 0 Å². The molecule has 2 fully saturated rings. The molecule has 16 heteroatoms. The van der Waals surface area contributed by atoms with Crippen LogP contribution in [0.4, 0.5) is 52.7 Å². The van der Waals surface area contributed by atoms with Crippen LogP contribution in [0.15, 0.2) is 18.2 Å². The van der Waals surface area contributed by atoms with Gasteiger partial charge < -0.3 is 18.9 Å². The third-order valence-electron chi connectivity index (χ3n) is 11.6. The first-order valence-corrected chi connectivity index (χ1v) is 18.6. The summed E-state index contributed by atoms with van der Waals surface area (Å²) in [4.78, 5) is 0. The van der Waals surface area contributed by atoms with E-state index in [0.29, 0.717) is 37.8 Å². The molecule has 7 unspecified atom stereocenters. The first-order chi connectivity index (χ1) is 24.6. The Morgan fingerprint density at radius 2 is 0.889 bits per heavy atom. The monoisotopic (exact) mass is 802 g/mol. The summed E-state index contributed by atoms with van der Waals surface area (Å²) in [5, 5.41) is 0. The Bertz CT molecular complexity index is 1220. The number of benzene rings is 1. The Hall–Kier alpha value is -1.78. The Morgan fingerprint density at radius 1 is 0.556 bits per heavy atom.